The van der Waals surface area contributed by atoms with Crippen molar-refractivity contribution in [3.63, 3.8) is 0 Å². The van der Waals surface area contributed by atoms with Crippen molar-refractivity contribution in [3.8, 4) is 0 Å². The van der Waals surface area contributed by atoms with E-state index in [9.17, 15) is 0 Å². The van der Waals surface area contributed by atoms with Crippen molar-refractivity contribution < 1.29 is 0 Å². The Kier molecular flexibility index (Phi) is 3.77. The molecule has 146 valence electrons. The quantitative estimate of drug-likeness (QED) is 0.482. The zero-order chi connectivity index (χ0) is 18.1. The average molecular weight is 364 g/mol. The first-order valence-corrected chi connectivity index (χ1v) is 12.0. The van der Waals surface area contributed by atoms with E-state index in [0.29, 0.717) is 10.8 Å². The summed E-state index contributed by atoms with van der Waals surface area (Å²) in [7, 11) is 0. The summed E-state index contributed by atoms with van der Waals surface area (Å²) in [6.07, 6.45) is 26.3. The van der Waals surface area contributed by atoms with Crippen molar-refractivity contribution in [1.82, 2.24) is 4.90 Å². The Morgan fingerprint density at radius 2 is 1.89 bits per heavy atom. The maximum atomic E-state index is 2.70. The summed E-state index contributed by atoms with van der Waals surface area (Å²) in [5, 5.41) is 0. The molecule has 27 heavy (non-hydrogen) atoms. The molecule has 4 unspecified atom stereocenters. The summed E-state index contributed by atoms with van der Waals surface area (Å²) in [5.74, 6) is 3.87. The molecule has 1 aliphatic heterocycles. The van der Waals surface area contributed by atoms with Crippen molar-refractivity contribution >= 4 is 0 Å². The molecular formula is C26H37N. The monoisotopic (exact) mass is 363 g/mol. The fourth-order valence-electron chi connectivity index (χ4n) is 8.84. The molecule has 0 N–H and O–H groups in total. The lowest BCUT2D eigenvalue weighted by Gasteiger charge is -2.58. The molecule has 2 saturated carbocycles. The van der Waals surface area contributed by atoms with Gasteiger partial charge in [-0.3, -0.25) is 0 Å². The number of allylic oxidation sites excluding steroid dienone is 6. The fourth-order valence-corrected chi connectivity index (χ4v) is 8.84. The van der Waals surface area contributed by atoms with E-state index in [1.54, 1.807) is 11.3 Å². The van der Waals surface area contributed by atoms with Crippen molar-refractivity contribution in [2.75, 3.05) is 13.1 Å². The molecule has 1 heteroatoms. The maximum Gasteiger partial charge on any atom is 0.0175 e. The molecule has 0 aromatic heterocycles. The van der Waals surface area contributed by atoms with Gasteiger partial charge in [-0.1, -0.05) is 25.2 Å². The summed E-state index contributed by atoms with van der Waals surface area (Å²) in [6.45, 7) is 5.23. The van der Waals surface area contributed by atoms with Gasteiger partial charge in [-0.2, -0.15) is 0 Å². The average Bonchev–Trinajstić information content (AvgIpc) is 3.33. The molecule has 0 bridgehead atoms. The van der Waals surface area contributed by atoms with E-state index >= 15 is 0 Å². The first-order chi connectivity index (χ1) is 13.2. The van der Waals surface area contributed by atoms with E-state index in [-0.39, 0.29) is 0 Å². The number of rotatable bonds is 1. The van der Waals surface area contributed by atoms with Crippen LogP contribution >= 0.6 is 0 Å². The van der Waals surface area contributed by atoms with Crippen LogP contribution in [-0.4, -0.2) is 18.0 Å². The van der Waals surface area contributed by atoms with Gasteiger partial charge in [0.05, 0.1) is 0 Å². The highest BCUT2D eigenvalue weighted by atomic mass is 15.1. The highest BCUT2D eigenvalue weighted by Crippen LogP contribution is 2.70. The largest absolute Gasteiger partial charge is 0.375 e. The van der Waals surface area contributed by atoms with Crippen molar-refractivity contribution in [1.29, 1.82) is 0 Å². The Balaban J connectivity index is 1.30. The smallest absolute Gasteiger partial charge is 0.0175 e. The van der Waals surface area contributed by atoms with Gasteiger partial charge >= 0.3 is 0 Å². The van der Waals surface area contributed by atoms with Crippen LogP contribution in [-0.2, 0) is 0 Å². The van der Waals surface area contributed by atoms with Crippen LogP contribution in [0.1, 0.15) is 77.6 Å². The van der Waals surface area contributed by atoms with Gasteiger partial charge in [0.2, 0.25) is 0 Å². The fraction of sp³-hybridized carbons (Fsp3) is 0.769. The predicted octanol–water partition coefficient (Wildman–Crippen LogP) is 6.49. The van der Waals surface area contributed by atoms with Gasteiger partial charge in [0, 0.05) is 18.8 Å². The third-order valence-electron chi connectivity index (χ3n) is 10.2. The minimum Gasteiger partial charge on any atom is -0.375 e. The van der Waals surface area contributed by atoms with Gasteiger partial charge in [-0.25, -0.2) is 0 Å². The standard InChI is InChI=1S/C26H37N/c1-25-12-2-3-13-26(25)15-10-22-21-9-7-20(27-16-4-5-17-27)18-19(21)6-8-23(22)24(26)11-14-25/h2,6,12,18,21-24H,3-5,7-11,13-17H2,1H3/t21?,22?,23?,24?,25-,26+/m1/s1. The van der Waals surface area contributed by atoms with E-state index in [2.05, 4.69) is 36.1 Å². The normalized spacial score (nSPS) is 48.3. The van der Waals surface area contributed by atoms with Crippen LogP contribution in [0.3, 0.4) is 0 Å². The molecule has 1 saturated heterocycles. The lowest BCUT2D eigenvalue weighted by molar-refractivity contribution is -0.0499. The van der Waals surface area contributed by atoms with E-state index in [4.69, 9.17) is 0 Å². The molecule has 5 aliphatic carbocycles. The second-order valence-corrected chi connectivity index (χ2v) is 10.9. The molecule has 0 aromatic carbocycles. The number of fused-ring (bicyclic) bond motifs is 4. The summed E-state index contributed by atoms with van der Waals surface area (Å²) in [6, 6.07) is 0. The highest BCUT2D eigenvalue weighted by Gasteiger charge is 2.62. The first kappa shape index (κ1) is 16.9. The Bertz CT molecular complexity index is 708. The number of hydrogen-bond acceptors (Lipinski definition) is 1. The van der Waals surface area contributed by atoms with Crippen molar-refractivity contribution in [3.05, 3.63) is 35.6 Å². The van der Waals surface area contributed by atoms with Crippen molar-refractivity contribution in [2.24, 2.45) is 34.5 Å². The van der Waals surface area contributed by atoms with Crippen LogP contribution in [0.15, 0.2) is 35.6 Å². The van der Waals surface area contributed by atoms with E-state index < -0.39 is 0 Å². The second kappa shape index (κ2) is 6.01. The Morgan fingerprint density at radius 3 is 2.78 bits per heavy atom. The third kappa shape index (κ3) is 2.29. The van der Waals surface area contributed by atoms with E-state index in [0.717, 1.165) is 23.7 Å². The zero-order valence-electron chi connectivity index (χ0n) is 17.3. The lowest BCUT2D eigenvalue weighted by Crippen LogP contribution is -2.50. The maximum absolute atomic E-state index is 2.70. The zero-order valence-corrected chi connectivity index (χ0v) is 17.3. The highest BCUT2D eigenvalue weighted by molar-refractivity contribution is 5.34. The molecule has 6 atom stereocenters. The van der Waals surface area contributed by atoms with Crippen LogP contribution in [0.25, 0.3) is 0 Å². The van der Waals surface area contributed by atoms with Crippen LogP contribution in [0.2, 0.25) is 0 Å². The van der Waals surface area contributed by atoms with Gasteiger partial charge in [-0.15, -0.1) is 0 Å². The molecule has 1 heterocycles. The van der Waals surface area contributed by atoms with Gasteiger partial charge in [0.1, 0.15) is 0 Å². The Labute approximate surface area is 166 Å². The van der Waals surface area contributed by atoms with Gasteiger partial charge in [0.15, 0.2) is 0 Å². The SMILES string of the molecule is C[C@]12C=CCC[C@@]13CCC1C4CCC(N5CCCC5)=CC4=CCC1C3CC2. The van der Waals surface area contributed by atoms with Gasteiger partial charge in [0.25, 0.3) is 0 Å². The molecule has 1 nitrogen and oxygen atoms in total. The molecule has 0 amide bonds. The number of likely N-dealkylation sites (tertiary alicyclic amines) is 1. The minimum atomic E-state index is 0.514. The molecule has 6 rings (SSSR count). The molecule has 0 aromatic rings. The predicted molar refractivity (Wildman–Crippen MR) is 112 cm³/mol. The van der Waals surface area contributed by atoms with E-state index in [1.807, 2.05) is 0 Å². The van der Waals surface area contributed by atoms with Gasteiger partial charge in [-0.05, 0) is 117 Å². The van der Waals surface area contributed by atoms with Crippen LogP contribution < -0.4 is 0 Å². The number of nitrogens with zero attached hydrogens (tertiary/aromatic N) is 1. The Morgan fingerprint density at radius 1 is 1.00 bits per heavy atom. The molecule has 0 radical (unpaired) electrons. The summed E-state index contributed by atoms with van der Waals surface area (Å²) < 4.78 is 0. The second-order valence-electron chi connectivity index (χ2n) is 10.9. The van der Waals surface area contributed by atoms with Gasteiger partial charge < -0.3 is 4.90 Å². The number of hydrogen-bond donors (Lipinski definition) is 0. The van der Waals surface area contributed by atoms with E-state index in [1.165, 1.54) is 83.7 Å². The summed E-state index contributed by atoms with van der Waals surface area (Å²) >= 11 is 0. The lowest BCUT2D eigenvalue weighted by atomic mass is 9.47. The minimum absolute atomic E-state index is 0.514. The van der Waals surface area contributed by atoms with Crippen LogP contribution in [0.5, 0.6) is 0 Å². The Hall–Kier alpha value is -0.980. The molecule has 1 spiro atoms. The summed E-state index contributed by atoms with van der Waals surface area (Å²) in [5.41, 5.74) is 4.58. The molecule has 6 aliphatic rings. The van der Waals surface area contributed by atoms with Crippen molar-refractivity contribution in [2.45, 2.75) is 77.6 Å². The third-order valence-corrected chi connectivity index (χ3v) is 10.2. The topological polar surface area (TPSA) is 3.24 Å². The van der Waals surface area contributed by atoms with Crippen LogP contribution in [0, 0.1) is 34.5 Å². The molecule has 3 fully saturated rings. The first-order valence-electron chi connectivity index (χ1n) is 12.0. The summed E-state index contributed by atoms with van der Waals surface area (Å²) in [4.78, 5) is 2.69. The molecular weight excluding hydrogens is 326 g/mol. The van der Waals surface area contributed by atoms with Crippen LogP contribution in [0.4, 0.5) is 0 Å².